The summed E-state index contributed by atoms with van der Waals surface area (Å²) in [4.78, 5) is 16.5. The van der Waals surface area contributed by atoms with Gasteiger partial charge in [0, 0.05) is 45.2 Å². The zero-order chi connectivity index (χ0) is 13.0. The molecule has 2 aliphatic heterocycles. The number of hydrogen-bond acceptors (Lipinski definition) is 3. The predicted octanol–water partition coefficient (Wildman–Crippen LogP) is 1.36. The van der Waals surface area contributed by atoms with Gasteiger partial charge < -0.3 is 9.64 Å². The van der Waals surface area contributed by atoms with E-state index in [-0.39, 0.29) is 5.92 Å². The molecule has 4 nitrogen and oxygen atoms in total. The molecule has 2 rings (SSSR count). The second kappa shape index (κ2) is 6.53. The molecule has 0 aromatic rings. The number of rotatable bonds is 4. The Hall–Kier alpha value is -0.610. The van der Waals surface area contributed by atoms with Gasteiger partial charge in [0.05, 0.1) is 6.10 Å². The molecule has 0 saturated carbocycles. The molecule has 2 saturated heterocycles. The van der Waals surface area contributed by atoms with Crippen molar-refractivity contribution in [1.82, 2.24) is 9.80 Å². The molecule has 0 bridgehead atoms. The van der Waals surface area contributed by atoms with Crippen LogP contribution in [0, 0.1) is 5.92 Å². The summed E-state index contributed by atoms with van der Waals surface area (Å²) in [6.07, 6.45) is 3.78. The van der Waals surface area contributed by atoms with E-state index in [2.05, 4.69) is 11.8 Å². The minimum Gasteiger partial charge on any atom is -0.377 e. The molecule has 2 heterocycles. The van der Waals surface area contributed by atoms with Crippen LogP contribution in [0.5, 0.6) is 0 Å². The van der Waals surface area contributed by atoms with E-state index in [4.69, 9.17) is 4.74 Å². The number of piperazine rings is 1. The van der Waals surface area contributed by atoms with Gasteiger partial charge in [-0.1, -0.05) is 13.8 Å². The lowest BCUT2D eigenvalue weighted by Crippen LogP contribution is -2.51. The zero-order valence-electron chi connectivity index (χ0n) is 11.7. The summed E-state index contributed by atoms with van der Waals surface area (Å²) < 4.78 is 5.66. The van der Waals surface area contributed by atoms with E-state index in [0.29, 0.717) is 12.0 Å². The second-order valence-electron chi connectivity index (χ2n) is 5.57. The minimum atomic E-state index is 0.176. The van der Waals surface area contributed by atoms with Gasteiger partial charge in [0.25, 0.3) is 0 Å². The fraction of sp³-hybridized carbons (Fsp3) is 0.929. The highest BCUT2D eigenvalue weighted by Crippen LogP contribution is 2.15. The summed E-state index contributed by atoms with van der Waals surface area (Å²) in [7, 11) is 0. The van der Waals surface area contributed by atoms with Gasteiger partial charge in [-0.05, 0) is 19.3 Å². The highest BCUT2D eigenvalue weighted by molar-refractivity contribution is 5.78. The van der Waals surface area contributed by atoms with E-state index in [1.807, 2.05) is 11.8 Å². The average molecular weight is 254 g/mol. The van der Waals surface area contributed by atoms with Crippen LogP contribution in [0.1, 0.15) is 33.1 Å². The Bertz CT molecular complexity index is 269. The number of carbonyl (C=O) groups excluding carboxylic acids is 1. The lowest BCUT2D eigenvalue weighted by molar-refractivity contribution is -0.137. The SMILES string of the molecule is CC[C@H](C)C(=O)N1CCN(C[C@H]2CCCO2)CC1. The molecule has 2 atom stereocenters. The Morgan fingerprint density at radius 2 is 2.06 bits per heavy atom. The van der Waals surface area contributed by atoms with Gasteiger partial charge >= 0.3 is 0 Å². The van der Waals surface area contributed by atoms with Crippen LogP contribution >= 0.6 is 0 Å². The Morgan fingerprint density at radius 3 is 2.61 bits per heavy atom. The number of ether oxygens (including phenoxy) is 1. The molecule has 0 aliphatic carbocycles. The van der Waals surface area contributed by atoms with Crippen molar-refractivity contribution < 1.29 is 9.53 Å². The van der Waals surface area contributed by atoms with Crippen LogP contribution < -0.4 is 0 Å². The topological polar surface area (TPSA) is 32.8 Å². The summed E-state index contributed by atoms with van der Waals surface area (Å²) in [5.41, 5.74) is 0. The van der Waals surface area contributed by atoms with Gasteiger partial charge in [0.2, 0.25) is 5.91 Å². The Kier molecular flexibility index (Phi) is 5.01. The third-order valence-electron chi connectivity index (χ3n) is 4.20. The van der Waals surface area contributed by atoms with Crippen LogP contribution in [-0.2, 0) is 9.53 Å². The lowest BCUT2D eigenvalue weighted by Gasteiger charge is -2.36. The third-order valence-corrected chi connectivity index (χ3v) is 4.20. The Balaban J connectivity index is 1.72. The van der Waals surface area contributed by atoms with E-state index >= 15 is 0 Å². The summed E-state index contributed by atoms with van der Waals surface area (Å²) in [5.74, 6) is 0.504. The zero-order valence-corrected chi connectivity index (χ0v) is 11.7. The summed E-state index contributed by atoms with van der Waals surface area (Å²) in [5, 5.41) is 0. The van der Waals surface area contributed by atoms with Crippen molar-refractivity contribution in [3.63, 3.8) is 0 Å². The van der Waals surface area contributed by atoms with Gasteiger partial charge in [-0.25, -0.2) is 0 Å². The van der Waals surface area contributed by atoms with Gasteiger partial charge in [0.1, 0.15) is 0 Å². The van der Waals surface area contributed by atoms with Crippen LogP contribution in [0.2, 0.25) is 0 Å². The van der Waals surface area contributed by atoms with Crippen LogP contribution in [0.25, 0.3) is 0 Å². The van der Waals surface area contributed by atoms with E-state index in [0.717, 1.165) is 45.8 Å². The first-order chi connectivity index (χ1) is 8.70. The van der Waals surface area contributed by atoms with Crippen molar-refractivity contribution in [3.05, 3.63) is 0 Å². The van der Waals surface area contributed by atoms with Crippen LogP contribution in [-0.4, -0.2) is 61.1 Å². The van der Waals surface area contributed by atoms with Crippen molar-refractivity contribution in [3.8, 4) is 0 Å². The molecule has 0 aromatic heterocycles. The number of nitrogens with zero attached hydrogens (tertiary/aromatic N) is 2. The molecule has 2 fully saturated rings. The largest absolute Gasteiger partial charge is 0.377 e. The molecule has 2 aliphatic rings. The standard InChI is InChI=1S/C14H26N2O2/c1-3-12(2)14(17)16-8-6-15(7-9-16)11-13-5-4-10-18-13/h12-13H,3-11H2,1-2H3/t12-,13+/m0/s1. The van der Waals surface area contributed by atoms with Gasteiger partial charge in [-0.15, -0.1) is 0 Å². The Morgan fingerprint density at radius 1 is 1.33 bits per heavy atom. The summed E-state index contributed by atoms with van der Waals surface area (Å²) in [6, 6.07) is 0. The molecule has 0 radical (unpaired) electrons. The molecule has 1 amide bonds. The molecular formula is C14H26N2O2. The van der Waals surface area contributed by atoms with Crippen molar-refractivity contribution in [2.45, 2.75) is 39.2 Å². The predicted molar refractivity (Wildman–Crippen MR) is 71.4 cm³/mol. The van der Waals surface area contributed by atoms with Gasteiger partial charge in [0.15, 0.2) is 0 Å². The quantitative estimate of drug-likeness (QED) is 0.759. The first-order valence-corrected chi connectivity index (χ1v) is 7.33. The maximum absolute atomic E-state index is 12.1. The smallest absolute Gasteiger partial charge is 0.225 e. The van der Waals surface area contributed by atoms with E-state index in [1.54, 1.807) is 0 Å². The van der Waals surface area contributed by atoms with Crippen molar-refractivity contribution in [1.29, 1.82) is 0 Å². The molecule has 0 N–H and O–H groups in total. The molecule has 0 aromatic carbocycles. The second-order valence-corrected chi connectivity index (χ2v) is 5.57. The summed E-state index contributed by atoms with van der Waals surface area (Å²) >= 11 is 0. The first-order valence-electron chi connectivity index (χ1n) is 7.33. The third kappa shape index (κ3) is 3.45. The highest BCUT2D eigenvalue weighted by atomic mass is 16.5. The van der Waals surface area contributed by atoms with Crippen LogP contribution in [0.4, 0.5) is 0 Å². The van der Waals surface area contributed by atoms with Crippen LogP contribution in [0.3, 0.4) is 0 Å². The molecular weight excluding hydrogens is 228 g/mol. The number of hydrogen-bond donors (Lipinski definition) is 0. The molecule has 0 spiro atoms. The molecule has 0 unspecified atom stereocenters. The Labute approximate surface area is 110 Å². The molecule has 104 valence electrons. The maximum atomic E-state index is 12.1. The first kappa shape index (κ1) is 13.8. The van der Waals surface area contributed by atoms with E-state index in [9.17, 15) is 4.79 Å². The van der Waals surface area contributed by atoms with Crippen LogP contribution in [0.15, 0.2) is 0 Å². The van der Waals surface area contributed by atoms with Gasteiger partial charge in [-0.2, -0.15) is 0 Å². The van der Waals surface area contributed by atoms with Crippen molar-refractivity contribution in [2.75, 3.05) is 39.3 Å². The molecule has 18 heavy (non-hydrogen) atoms. The van der Waals surface area contributed by atoms with Crippen molar-refractivity contribution in [2.24, 2.45) is 5.92 Å². The van der Waals surface area contributed by atoms with Gasteiger partial charge in [-0.3, -0.25) is 9.69 Å². The fourth-order valence-electron chi connectivity index (χ4n) is 2.71. The monoisotopic (exact) mass is 254 g/mol. The lowest BCUT2D eigenvalue weighted by atomic mass is 10.1. The fourth-order valence-corrected chi connectivity index (χ4v) is 2.71. The minimum absolute atomic E-state index is 0.176. The normalized spacial score (nSPS) is 27.4. The average Bonchev–Trinajstić information content (AvgIpc) is 2.91. The highest BCUT2D eigenvalue weighted by Gasteiger charge is 2.26. The van der Waals surface area contributed by atoms with E-state index < -0.39 is 0 Å². The number of amides is 1. The number of carbonyl (C=O) groups is 1. The van der Waals surface area contributed by atoms with Crippen molar-refractivity contribution >= 4 is 5.91 Å². The molecule has 4 heteroatoms. The van der Waals surface area contributed by atoms with E-state index in [1.165, 1.54) is 12.8 Å². The summed E-state index contributed by atoms with van der Waals surface area (Å²) in [6.45, 7) is 9.86. The maximum Gasteiger partial charge on any atom is 0.225 e.